The lowest BCUT2D eigenvalue weighted by atomic mass is 10.0. The monoisotopic (exact) mass is 381 g/mol. The molecule has 0 radical (unpaired) electrons. The van der Waals surface area contributed by atoms with Crippen LogP contribution in [0.5, 0.6) is 0 Å². The molecule has 3 heterocycles. The van der Waals surface area contributed by atoms with Gasteiger partial charge >= 0.3 is 0 Å². The van der Waals surface area contributed by atoms with E-state index in [-0.39, 0.29) is 0 Å². The minimum Gasteiger partial charge on any atom is -0.368 e. The van der Waals surface area contributed by atoms with Gasteiger partial charge in [-0.2, -0.15) is 0 Å². The zero-order chi connectivity index (χ0) is 19.6. The number of piperazine rings is 1. The smallest absolute Gasteiger partial charge is 0.159 e. The summed E-state index contributed by atoms with van der Waals surface area (Å²) in [4.78, 5) is 8.93. The SMILES string of the molecule is Cc1cccc2c(N3CCN(c4ccccc4)CC3)nnc(-c3ccncc3)c12. The Bertz CT molecular complexity index is 1120. The van der Waals surface area contributed by atoms with Crippen LogP contribution in [0.25, 0.3) is 22.0 Å². The van der Waals surface area contributed by atoms with Crippen LogP contribution in [0.15, 0.2) is 73.1 Å². The summed E-state index contributed by atoms with van der Waals surface area (Å²) in [5, 5.41) is 11.7. The van der Waals surface area contributed by atoms with Crippen molar-refractivity contribution in [2.45, 2.75) is 6.92 Å². The minimum atomic E-state index is 0.923. The third-order valence-corrected chi connectivity index (χ3v) is 5.65. The molecule has 0 bridgehead atoms. The molecule has 0 aliphatic carbocycles. The van der Waals surface area contributed by atoms with E-state index in [1.807, 2.05) is 12.1 Å². The zero-order valence-electron chi connectivity index (χ0n) is 16.5. The molecule has 1 aliphatic heterocycles. The number of aryl methyl sites for hydroxylation is 1. The van der Waals surface area contributed by atoms with Crippen molar-refractivity contribution in [3.05, 3.63) is 78.6 Å². The summed E-state index contributed by atoms with van der Waals surface area (Å²) >= 11 is 0. The van der Waals surface area contributed by atoms with Gasteiger partial charge < -0.3 is 9.80 Å². The molecule has 1 fully saturated rings. The van der Waals surface area contributed by atoms with Crippen molar-refractivity contribution in [2.24, 2.45) is 0 Å². The van der Waals surface area contributed by atoms with Crippen LogP contribution in [0.2, 0.25) is 0 Å². The van der Waals surface area contributed by atoms with Crippen LogP contribution < -0.4 is 9.80 Å². The summed E-state index contributed by atoms with van der Waals surface area (Å²) in [6.45, 7) is 5.96. The summed E-state index contributed by atoms with van der Waals surface area (Å²) in [6, 6.07) is 21.0. The van der Waals surface area contributed by atoms with Gasteiger partial charge in [0.25, 0.3) is 0 Å². The molecular weight excluding hydrogens is 358 g/mol. The standard InChI is InChI=1S/C24H23N5/c1-18-6-5-9-21-22(18)23(19-10-12-25-13-11-19)26-27-24(21)29-16-14-28(15-17-29)20-7-3-2-4-8-20/h2-13H,14-17H2,1H3. The van der Waals surface area contributed by atoms with Gasteiger partial charge in [-0.3, -0.25) is 4.98 Å². The molecule has 5 rings (SSSR count). The molecule has 144 valence electrons. The lowest BCUT2D eigenvalue weighted by molar-refractivity contribution is 0.646. The highest BCUT2D eigenvalue weighted by Crippen LogP contribution is 2.34. The van der Waals surface area contributed by atoms with Gasteiger partial charge in [-0.15, -0.1) is 10.2 Å². The zero-order valence-corrected chi connectivity index (χ0v) is 16.5. The quantitative estimate of drug-likeness (QED) is 0.529. The number of para-hydroxylation sites is 1. The van der Waals surface area contributed by atoms with Crippen LogP contribution in [-0.2, 0) is 0 Å². The Morgan fingerprint density at radius 2 is 1.45 bits per heavy atom. The number of pyridine rings is 1. The van der Waals surface area contributed by atoms with Crippen molar-refractivity contribution in [2.75, 3.05) is 36.0 Å². The van der Waals surface area contributed by atoms with Crippen molar-refractivity contribution in [3.63, 3.8) is 0 Å². The number of aromatic nitrogens is 3. The molecule has 0 spiro atoms. The molecule has 2 aromatic heterocycles. The lowest BCUT2D eigenvalue weighted by Crippen LogP contribution is -2.47. The van der Waals surface area contributed by atoms with E-state index in [1.165, 1.54) is 22.0 Å². The third kappa shape index (κ3) is 3.29. The molecule has 0 unspecified atom stereocenters. The number of benzene rings is 2. The first-order valence-corrected chi connectivity index (χ1v) is 10.0. The second-order valence-electron chi connectivity index (χ2n) is 7.42. The molecule has 29 heavy (non-hydrogen) atoms. The topological polar surface area (TPSA) is 45.2 Å². The first-order valence-electron chi connectivity index (χ1n) is 10.0. The van der Waals surface area contributed by atoms with E-state index in [0.29, 0.717) is 0 Å². The van der Waals surface area contributed by atoms with Crippen molar-refractivity contribution < 1.29 is 0 Å². The summed E-state index contributed by atoms with van der Waals surface area (Å²) in [7, 11) is 0. The fourth-order valence-corrected chi connectivity index (χ4v) is 4.13. The Balaban J connectivity index is 1.50. The fourth-order valence-electron chi connectivity index (χ4n) is 4.13. The van der Waals surface area contributed by atoms with E-state index in [9.17, 15) is 0 Å². The minimum absolute atomic E-state index is 0.923. The summed E-state index contributed by atoms with van der Waals surface area (Å²) in [6.07, 6.45) is 3.61. The van der Waals surface area contributed by atoms with Crippen LogP contribution >= 0.6 is 0 Å². The Kier molecular flexibility index (Phi) is 4.56. The van der Waals surface area contributed by atoms with Crippen LogP contribution in [0, 0.1) is 6.92 Å². The van der Waals surface area contributed by atoms with Gasteiger partial charge in [-0.25, -0.2) is 0 Å². The number of fused-ring (bicyclic) bond motifs is 1. The molecular formula is C24H23N5. The molecule has 5 heteroatoms. The van der Waals surface area contributed by atoms with Crippen molar-refractivity contribution in [1.29, 1.82) is 0 Å². The van der Waals surface area contributed by atoms with E-state index < -0.39 is 0 Å². The van der Waals surface area contributed by atoms with E-state index in [1.54, 1.807) is 12.4 Å². The number of anilines is 2. The normalized spacial score (nSPS) is 14.4. The molecule has 0 atom stereocenters. The fraction of sp³-hybridized carbons (Fsp3) is 0.208. The predicted molar refractivity (Wildman–Crippen MR) is 118 cm³/mol. The molecule has 0 amide bonds. The Morgan fingerprint density at radius 3 is 2.21 bits per heavy atom. The van der Waals surface area contributed by atoms with Gasteiger partial charge in [0.1, 0.15) is 5.69 Å². The third-order valence-electron chi connectivity index (χ3n) is 5.65. The maximum atomic E-state index is 4.68. The van der Waals surface area contributed by atoms with Gasteiger partial charge in [0, 0.05) is 60.6 Å². The van der Waals surface area contributed by atoms with Gasteiger partial charge in [0.2, 0.25) is 0 Å². The highest BCUT2D eigenvalue weighted by atomic mass is 15.3. The average molecular weight is 381 g/mol. The first kappa shape index (κ1) is 17.6. The van der Waals surface area contributed by atoms with Crippen molar-refractivity contribution in [3.8, 4) is 11.3 Å². The van der Waals surface area contributed by atoms with Crippen LogP contribution in [0.3, 0.4) is 0 Å². The van der Waals surface area contributed by atoms with Gasteiger partial charge in [-0.05, 0) is 36.8 Å². The molecule has 5 nitrogen and oxygen atoms in total. The van der Waals surface area contributed by atoms with Crippen LogP contribution in [0.4, 0.5) is 11.5 Å². The largest absolute Gasteiger partial charge is 0.368 e. The number of rotatable bonds is 3. The first-order chi connectivity index (χ1) is 14.3. The maximum Gasteiger partial charge on any atom is 0.159 e. The Morgan fingerprint density at radius 1 is 0.724 bits per heavy atom. The van der Waals surface area contributed by atoms with E-state index >= 15 is 0 Å². The summed E-state index contributed by atoms with van der Waals surface area (Å²) < 4.78 is 0. The van der Waals surface area contributed by atoms with E-state index in [0.717, 1.165) is 43.3 Å². The average Bonchev–Trinajstić information content (AvgIpc) is 2.80. The predicted octanol–water partition coefficient (Wildman–Crippen LogP) is 4.33. The Hall–Kier alpha value is -3.47. The second-order valence-corrected chi connectivity index (χ2v) is 7.42. The lowest BCUT2D eigenvalue weighted by Gasteiger charge is -2.37. The van der Waals surface area contributed by atoms with E-state index in [4.69, 9.17) is 0 Å². The van der Waals surface area contributed by atoms with Crippen molar-refractivity contribution in [1.82, 2.24) is 15.2 Å². The highest BCUT2D eigenvalue weighted by molar-refractivity contribution is 6.02. The molecule has 0 saturated carbocycles. The Labute approximate surface area is 170 Å². The van der Waals surface area contributed by atoms with Crippen LogP contribution in [-0.4, -0.2) is 41.4 Å². The number of hydrogen-bond donors (Lipinski definition) is 0. The van der Waals surface area contributed by atoms with Gasteiger partial charge in [0.15, 0.2) is 5.82 Å². The summed E-state index contributed by atoms with van der Waals surface area (Å²) in [5.74, 6) is 0.981. The van der Waals surface area contributed by atoms with Gasteiger partial charge in [0.05, 0.1) is 0 Å². The van der Waals surface area contributed by atoms with Crippen molar-refractivity contribution >= 4 is 22.3 Å². The molecule has 0 N–H and O–H groups in total. The summed E-state index contributed by atoms with van der Waals surface area (Å²) in [5.41, 5.74) is 4.47. The number of nitrogens with zero attached hydrogens (tertiary/aromatic N) is 5. The van der Waals surface area contributed by atoms with Crippen LogP contribution in [0.1, 0.15) is 5.56 Å². The molecule has 1 aliphatic rings. The highest BCUT2D eigenvalue weighted by Gasteiger charge is 2.22. The molecule has 1 saturated heterocycles. The van der Waals surface area contributed by atoms with Gasteiger partial charge in [-0.1, -0.05) is 36.4 Å². The second kappa shape index (κ2) is 7.51. The molecule has 4 aromatic rings. The maximum absolute atomic E-state index is 4.68. The van der Waals surface area contributed by atoms with E-state index in [2.05, 4.69) is 80.4 Å². The number of hydrogen-bond acceptors (Lipinski definition) is 5. The molecule has 2 aromatic carbocycles.